The summed E-state index contributed by atoms with van der Waals surface area (Å²) in [5.74, 6) is 0. The van der Waals surface area contributed by atoms with Crippen molar-refractivity contribution < 1.29 is 61.9 Å². The zero-order valence-electron chi connectivity index (χ0n) is 70.3. The molecule has 2 aromatic carbocycles. The first kappa shape index (κ1) is 96.8. The van der Waals surface area contributed by atoms with Crippen LogP contribution in [0.5, 0.6) is 0 Å². The molecule has 0 radical (unpaired) electrons. The molecule has 14 nitrogen and oxygen atoms in total. The summed E-state index contributed by atoms with van der Waals surface area (Å²) in [5, 5.41) is -0.100. The highest BCUT2D eigenvalue weighted by Crippen LogP contribution is 2.44. The molecule has 0 unspecified atom stereocenters. The maximum atomic E-state index is 14.8. The van der Waals surface area contributed by atoms with Gasteiger partial charge in [0.15, 0.2) is 33.3 Å². The van der Waals surface area contributed by atoms with Gasteiger partial charge in [-0.1, -0.05) is 233 Å². The Balaban J connectivity index is 2.86. The maximum Gasteiger partial charge on any atom is 0.297 e. The van der Waals surface area contributed by atoms with Crippen molar-refractivity contribution >= 4 is 69.7 Å². The number of hydrogen-bond acceptors (Lipinski definition) is 14. The standard InChI is InChI=1S/C80H154O14S2Si6/c1-67-47-51-69(52-48-67)95(81,82)91-73(71(87-65-85-61-63-97(15,16)17)45-41-37-33-29-31-35-39-43-59-89-99(21,22)77(3,4)5)55-57-75(93-101(25,26)79(9,10)11)76(94-102(27,28)80(12,13)14)58-56-74(92-96(83,84)70-53-49-68(2)50-54-70)72(88-66-86-62-64-98(18,19)20)46-42-38-34-30-32-36-40-44-60-90-100(23,24)78(6,7)8/h41-42,45-54,71-76H,29-40,43-44,55-66H2,1-28H3/b45-41+,46-42+/t71-,72-,73+,74+,75-,76-/m1/s1. The molecule has 0 saturated heterocycles. The summed E-state index contributed by atoms with van der Waals surface area (Å²) in [6, 6.07) is 15.4. The normalized spacial score (nSPS) is 15.9. The van der Waals surface area contributed by atoms with E-state index in [9.17, 15) is 16.8 Å². The number of aryl methyl sites for hydroxylation is 2. The van der Waals surface area contributed by atoms with Gasteiger partial charge in [-0.3, -0.25) is 8.37 Å². The Labute approximate surface area is 634 Å². The van der Waals surface area contributed by atoms with Crippen LogP contribution in [0.3, 0.4) is 0 Å². The molecule has 102 heavy (non-hydrogen) atoms. The number of benzene rings is 2. The molecule has 6 atom stereocenters. The van der Waals surface area contributed by atoms with Gasteiger partial charge in [0.25, 0.3) is 20.2 Å². The number of rotatable bonds is 53. The van der Waals surface area contributed by atoms with E-state index in [1.165, 1.54) is 0 Å². The second kappa shape index (κ2) is 43.9. The second-order valence-electron chi connectivity index (χ2n) is 37.6. The molecule has 0 aliphatic heterocycles. The van der Waals surface area contributed by atoms with E-state index < -0.39 is 106 Å². The van der Waals surface area contributed by atoms with Crippen molar-refractivity contribution in [3.63, 3.8) is 0 Å². The van der Waals surface area contributed by atoms with E-state index in [1.54, 1.807) is 48.5 Å². The van der Waals surface area contributed by atoms with Gasteiger partial charge in [-0.25, -0.2) is 0 Å². The van der Waals surface area contributed by atoms with E-state index >= 15 is 0 Å². The Hall–Kier alpha value is -1.28. The Morgan fingerprint density at radius 2 is 0.637 bits per heavy atom. The molecule has 2 aromatic rings. The van der Waals surface area contributed by atoms with E-state index in [-0.39, 0.29) is 56.4 Å². The molecule has 0 bridgehead atoms. The van der Waals surface area contributed by atoms with Crippen LogP contribution in [0, 0.1) is 13.8 Å². The van der Waals surface area contributed by atoms with Gasteiger partial charge in [-0.2, -0.15) is 16.8 Å². The van der Waals surface area contributed by atoms with Crippen molar-refractivity contribution in [3.8, 4) is 0 Å². The van der Waals surface area contributed by atoms with Crippen molar-refractivity contribution in [2.24, 2.45) is 0 Å². The molecular formula is C80H154O14S2Si6. The fraction of sp³-hybridized carbons (Fsp3) is 0.800. The SMILES string of the molecule is Cc1ccc(S(=O)(=O)O[C@@H](CC[C@@H](O[Si](C)(C)C(C)(C)C)[C@@H](CC[C@H](OS(=O)(=O)c2ccc(C)cc2)[C@@H](/C=C/CCCCCCCCO[Si](C)(C)C(C)(C)C)OCOCC[Si](C)(C)C)O[Si](C)(C)C(C)(C)C)[C@@H](/C=C/CCCCCCCCO[Si](C)(C)C(C)(C)C)OCOCC[Si](C)(C)C)cc1. The Bertz CT molecular complexity index is 2720. The molecule has 22 heteroatoms. The second-order valence-corrected chi connectivity index (χ2v) is 71.1. The number of allylic oxidation sites excluding steroid dienone is 2. The fourth-order valence-corrected chi connectivity index (χ4v) is 18.9. The van der Waals surface area contributed by atoms with Crippen molar-refractivity contribution in [1.82, 2.24) is 0 Å². The van der Waals surface area contributed by atoms with Crippen LogP contribution in [0.15, 0.2) is 82.6 Å². The van der Waals surface area contributed by atoms with Gasteiger partial charge in [-0.05, 0) is 187 Å². The molecular weight excluding hydrogens is 1420 g/mol. The lowest BCUT2D eigenvalue weighted by atomic mass is 9.97. The van der Waals surface area contributed by atoms with Crippen LogP contribution < -0.4 is 0 Å². The first-order valence-electron chi connectivity index (χ1n) is 39.1. The van der Waals surface area contributed by atoms with Crippen LogP contribution in [0.1, 0.15) is 210 Å². The monoisotopic (exact) mass is 1570 g/mol. The average molecular weight is 1570 g/mol. The molecule has 0 spiro atoms. The van der Waals surface area contributed by atoms with Gasteiger partial charge in [0.05, 0.1) is 22.0 Å². The third-order valence-electron chi connectivity index (χ3n) is 21.6. The van der Waals surface area contributed by atoms with Gasteiger partial charge in [0, 0.05) is 42.6 Å². The van der Waals surface area contributed by atoms with Gasteiger partial charge >= 0.3 is 0 Å². The molecule has 0 aliphatic carbocycles. The van der Waals surface area contributed by atoms with Gasteiger partial charge in [0.1, 0.15) is 38.0 Å². The van der Waals surface area contributed by atoms with Crippen LogP contribution >= 0.6 is 0 Å². The molecule has 0 fully saturated rings. The molecule has 0 heterocycles. The first-order chi connectivity index (χ1) is 46.7. The molecule has 0 saturated carbocycles. The van der Waals surface area contributed by atoms with Crippen LogP contribution in [0.25, 0.3) is 0 Å². The minimum Gasteiger partial charge on any atom is -0.417 e. The zero-order valence-corrected chi connectivity index (χ0v) is 77.9. The fourth-order valence-electron chi connectivity index (χ4n) is 10.2. The largest absolute Gasteiger partial charge is 0.417 e. The molecule has 0 N–H and O–H groups in total. The highest BCUT2D eigenvalue weighted by atomic mass is 32.2. The van der Waals surface area contributed by atoms with Crippen molar-refractivity contribution in [2.75, 3.05) is 40.0 Å². The van der Waals surface area contributed by atoms with Gasteiger partial charge in [-0.15, -0.1) is 0 Å². The molecule has 594 valence electrons. The molecule has 0 aliphatic rings. The predicted molar refractivity (Wildman–Crippen MR) is 446 cm³/mol. The van der Waals surface area contributed by atoms with Crippen LogP contribution in [-0.4, -0.2) is 143 Å². The number of ether oxygens (including phenoxy) is 4. The lowest BCUT2D eigenvalue weighted by Gasteiger charge is -2.46. The quantitative estimate of drug-likeness (QED) is 0.0202. The van der Waals surface area contributed by atoms with Crippen LogP contribution in [0.4, 0.5) is 0 Å². The minimum atomic E-state index is -4.36. The first-order valence-corrected chi connectivity index (χ1v) is 60.9. The summed E-state index contributed by atoms with van der Waals surface area (Å²) in [6.07, 6.45) is 18.8. The highest BCUT2D eigenvalue weighted by Gasteiger charge is 2.46. The summed E-state index contributed by atoms with van der Waals surface area (Å²) in [6.45, 7) is 65.5. The summed E-state index contributed by atoms with van der Waals surface area (Å²) in [4.78, 5) is 0.111. The third-order valence-corrected chi connectivity index (χ3v) is 45.8. The topological polar surface area (TPSA) is 161 Å². The Morgan fingerprint density at radius 3 is 0.922 bits per heavy atom. The summed E-state index contributed by atoms with van der Waals surface area (Å²) < 4.78 is 127. The van der Waals surface area contributed by atoms with E-state index in [4.69, 9.17) is 45.0 Å². The van der Waals surface area contributed by atoms with Crippen molar-refractivity contribution in [1.29, 1.82) is 0 Å². The number of hydrogen-bond donors (Lipinski definition) is 0. The summed E-state index contributed by atoms with van der Waals surface area (Å²) in [5.41, 5.74) is 1.85. The van der Waals surface area contributed by atoms with Crippen molar-refractivity contribution in [3.05, 3.63) is 84.0 Å². The maximum absolute atomic E-state index is 14.8. The summed E-state index contributed by atoms with van der Waals surface area (Å²) in [7, 11) is -20.6. The minimum absolute atomic E-state index is 0.0495. The lowest BCUT2D eigenvalue weighted by molar-refractivity contribution is -0.104. The van der Waals surface area contributed by atoms with Crippen LogP contribution in [0.2, 0.25) is 124 Å². The molecule has 2 rings (SSSR count). The summed E-state index contributed by atoms with van der Waals surface area (Å²) >= 11 is 0. The number of unbranched alkanes of at least 4 members (excludes halogenated alkanes) is 12. The van der Waals surface area contributed by atoms with E-state index in [0.29, 0.717) is 26.1 Å². The van der Waals surface area contributed by atoms with Crippen molar-refractivity contribution in [2.45, 2.75) is 383 Å². The average Bonchev–Trinajstić information content (AvgIpc) is 0.806. The van der Waals surface area contributed by atoms with Gasteiger partial charge < -0.3 is 36.7 Å². The Kier molecular flexibility index (Phi) is 41.7. The zero-order chi connectivity index (χ0) is 77.7. The highest BCUT2D eigenvalue weighted by molar-refractivity contribution is 7.87. The molecule has 0 aromatic heterocycles. The predicted octanol–water partition coefficient (Wildman–Crippen LogP) is 23.5. The third kappa shape index (κ3) is 38.4. The van der Waals surface area contributed by atoms with Gasteiger partial charge in [0.2, 0.25) is 0 Å². The van der Waals surface area contributed by atoms with E-state index in [1.807, 2.05) is 26.0 Å². The lowest BCUT2D eigenvalue weighted by Crippen LogP contribution is -2.52. The smallest absolute Gasteiger partial charge is 0.297 e. The molecule has 0 amide bonds. The van der Waals surface area contributed by atoms with Crippen LogP contribution in [-0.2, 0) is 65.3 Å². The Morgan fingerprint density at radius 1 is 0.363 bits per heavy atom. The van der Waals surface area contributed by atoms with E-state index in [2.05, 4.69) is 187 Å². The van der Waals surface area contributed by atoms with E-state index in [0.717, 1.165) is 126 Å².